The SMILES string of the molecule is [O]=[Mn]([O-])[O-].[Rb+].[Rb+]. The molecule has 0 radical (unpaired) electrons. The Kier molecular flexibility index (Phi) is 31.8. The average Bonchev–Trinajstić information content (AvgIpc) is 0.811. The van der Waals surface area contributed by atoms with Gasteiger partial charge in [-0.1, -0.05) is 0 Å². The molecule has 0 amide bonds. The quantitative estimate of drug-likeness (QED) is 0.412. The van der Waals surface area contributed by atoms with Gasteiger partial charge >= 0.3 is 143 Å². The smallest absolute Gasteiger partial charge is 1.00 e. The Labute approximate surface area is 138 Å². The number of hydrogen-bond donors (Lipinski definition) is 0. The molecule has 0 unspecified atom stereocenters. The standard InChI is InChI=1S/Mn.3O.2Rb/q;;2*-1;2*+1. The van der Waals surface area contributed by atoms with Crippen LogP contribution in [0.15, 0.2) is 0 Å². The van der Waals surface area contributed by atoms with Crippen LogP contribution in [0.1, 0.15) is 0 Å². The van der Waals surface area contributed by atoms with E-state index in [9.17, 15) is 0 Å². The molecule has 0 spiro atoms. The minimum absolute atomic E-state index is 0. The second-order valence-corrected chi connectivity index (χ2v) is 0.779. The first kappa shape index (κ1) is 16.4. The van der Waals surface area contributed by atoms with Gasteiger partial charge in [0.2, 0.25) is 0 Å². The van der Waals surface area contributed by atoms with Crippen molar-refractivity contribution in [2.24, 2.45) is 0 Å². The third-order valence-electron chi connectivity index (χ3n) is 0. The van der Waals surface area contributed by atoms with E-state index in [0.717, 1.165) is 0 Å². The molecule has 0 saturated heterocycles. The second kappa shape index (κ2) is 11.6. The summed E-state index contributed by atoms with van der Waals surface area (Å²) in [4.78, 5) is 0. The summed E-state index contributed by atoms with van der Waals surface area (Å²) in [6.45, 7) is 0. The molecule has 27 valence electrons. The van der Waals surface area contributed by atoms with Crippen LogP contribution in [0.3, 0.4) is 0 Å². The average molecular weight is 274 g/mol. The van der Waals surface area contributed by atoms with E-state index in [2.05, 4.69) is 0 Å². The maximum absolute atomic E-state index is 8.52. The van der Waals surface area contributed by atoms with Gasteiger partial charge in [-0.15, -0.1) is 0 Å². The fourth-order valence-electron chi connectivity index (χ4n) is 0. The van der Waals surface area contributed by atoms with E-state index in [1.807, 2.05) is 0 Å². The summed E-state index contributed by atoms with van der Waals surface area (Å²) in [5.41, 5.74) is 0. The van der Waals surface area contributed by atoms with Gasteiger partial charge in [-0.25, -0.2) is 0 Å². The van der Waals surface area contributed by atoms with Crippen LogP contribution in [0.25, 0.3) is 0 Å². The van der Waals surface area contributed by atoms with Crippen molar-refractivity contribution in [1.29, 1.82) is 0 Å². The maximum Gasteiger partial charge on any atom is 1.00 e. The molecule has 0 saturated carbocycles. The van der Waals surface area contributed by atoms with Crippen molar-refractivity contribution < 1.29 is 143 Å². The topological polar surface area (TPSA) is 63.2 Å². The van der Waals surface area contributed by atoms with Crippen LogP contribution in [0, 0.1) is 0 Å². The Hall–Kier alpha value is 3.85. The van der Waals surface area contributed by atoms with E-state index >= 15 is 0 Å². The van der Waals surface area contributed by atoms with Crippen LogP contribution in [-0.4, -0.2) is 0 Å². The molecule has 0 heterocycles. The molecule has 0 aromatic rings. The number of rotatable bonds is 0. The van der Waals surface area contributed by atoms with Crippen LogP contribution in [-0.2, 0) is 18.3 Å². The fraction of sp³-hybridized carbons (Fsp3) is 0. The second-order valence-electron chi connectivity index (χ2n) is 0.189. The molecule has 0 bridgehead atoms. The summed E-state index contributed by atoms with van der Waals surface area (Å²) < 4.78 is 25.6. The predicted molar refractivity (Wildman–Crippen MR) is 0.686 cm³/mol. The van der Waals surface area contributed by atoms with E-state index in [1.165, 1.54) is 0 Å². The van der Waals surface area contributed by atoms with E-state index < -0.39 is 14.5 Å². The van der Waals surface area contributed by atoms with Gasteiger partial charge in [0.25, 0.3) is 0 Å². The van der Waals surface area contributed by atoms with Crippen LogP contribution in [0.2, 0.25) is 0 Å². The third kappa shape index (κ3) is 24.9. The first-order valence-electron chi connectivity index (χ1n) is 0.463. The Balaban J connectivity index is -0.0000000450. The van der Waals surface area contributed by atoms with Crippen molar-refractivity contribution in [3.8, 4) is 0 Å². The van der Waals surface area contributed by atoms with Crippen molar-refractivity contribution in [2.75, 3.05) is 0 Å². The molecular formula is MnO3Rb2. The van der Waals surface area contributed by atoms with Crippen molar-refractivity contribution in [2.45, 2.75) is 0 Å². The largest absolute Gasteiger partial charge is 1.00 e. The molecular weight excluding hydrogens is 274 g/mol. The molecule has 6 heteroatoms. The minimum atomic E-state index is -3.65. The monoisotopic (exact) mass is 273 g/mol. The summed E-state index contributed by atoms with van der Waals surface area (Å²) in [5.74, 6) is 0. The van der Waals surface area contributed by atoms with Gasteiger partial charge in [0.05, 0.1) is 0 Å². The number of hydrogen-bond acceptors (Lipinski definition) is 3. The Bertz CT molecular complexity index is 31.8. The van der Waals surface area contributed by atoms with Gasteiger partial charge in [0, 0.05) is 0 Å². The van der Waals surface area contributed by atoms with Crippen LogP contribution in [0.4, 0.5) is 0 Å². The van der Waals surface area contributed by atoms with Crippen LogP contribution < -0.4 is 125 Å². The van der Waals surface area contributed by atoms with Gasteiger partial charge in [0.1, 0.15) is 0 Å². The van der Waals surface area contributed by atoms with Crippen molar-refractivity contribution in [3.63, 3.8) is 0 Å². The minimum Gasteiger partial charge on any atom is 1.00 e. The Morgan fingerprint density at radius 1 is 1.17 bits per heavy atom. The van der Waals surface area contributed by atoms with E-state index in [0.29, 0.717) is 0 Å². The van der Waals surface area contributed by atoms with E-state index in [-0.39, 0.29) is 116 Å². The molecule has 0 atom stereocenters. The zero-order chi connectivity index (χ0) is 3.58. The summed E-state index contributed by atoms with van der Waals surface area (Å²) in [6.07, 6.45) is 0. The summed E-state index contributed by atoms with van der Waals surface area (Å²) in [5, 5.41) is 0. The summed E-state index contributed by atoms with van der Waals surface area (Å²) in [7, 11) is 0. The summed E-state index contributed by atoms with van der Waals surface area (Å²) >= 11 is -3.65. The first-order chi connectivity index (χ1) is 1.73. The van der Waals surface area contributed by atoms with Crippen LogP contribution >= 0.6 is 0 Å². The Morgan fingerprint density at radius 2 is 1.17 bits per heavy atom. The zero-order valence-electron chi connectivity index (χ0n) is 3.60. The third-order valence-corrected chi connectivity index (χ3v) is 0. The molecule has 0 aliphatic heterocycles. The van der Waals surface area contributed by atoms with Crippen molar-refractivity contribution in [1.82, 2.24) is 0 Å². The molecule has 3 nitrogen and oxygen atoms in total. The van der Waals surface area contributed by atoms with E-state index in [1.54, 1.807) is 0 Å². The van der Waals surface area contributed by atoms with Gasteiger partial charge in [0.15, 0.2) is 0 Å². The molecule has 0 N–H and O–H groups in total. The molecule has 0 aliphatic rings. The first-order valence-corrected chi connectivity index (χ1v) is 1.91. The van der Waals surface area contributed by atoms with Gasteiger partial charge in [-0.05, 0) is 0 Å². The molecule has 0 rings (SSSR count). The molecule has 6 heavy (non-hydrogen) atoms. The molecule has 0 aromatic heterocycles. The fourth-order valence-corrected chi connectivity index (χ4v) is 0. The molecule has 0 aromatic carbocycles. The predicted octanol–water partition coefficient (Wildman–Crippen LogP) is -8.49. The molecule has 0 fully saturated rings. The van der Waals surface area contributed by atoms with Gasteiger partial charge < -0.3 is 0 Å². The maximum atomic E-state index is 8.52. The van der Waals surface area contributed by atoms with Crippen LogP contribution in [0.5, 0.6) is 0 Å². The molecule has 0 aliphatic carbocycles. The summed E-state index contributed by atoms with van der Waals surface area (Å²) in [6, 6.07) is 0. The van der Waals surface area contributed by atoms with Crippen molar-refractivity contribution in [3.05, 3.63) is 0 Å². The van der Waals surface area contributed by atoms with E-state index in [4.69, 9.17) is 12.2 Å². The zero-order valence-corrected chi connectivity index (χ0v) is 14.6. The normalized spacial score (nSPS) is 5.83. The van der Waals surface area contributed by atoms with Crippen molar-refractivity contribution >= 4 is 0 Å². The van der Waals surface area contributed by atoms with Gasteiger partial charge in [-0.2, -0.15) is 0 Å². The Morgan fingerprint density at radius 3 is 1.17 bits per heavy atom. The van der Waals surface area contributed by atoms with Gasteiger partial charge in [-0.3, -0.25) is 0 Å².